The van der Waals surface area contributed by atoms with Gasteiger partial charge in [-0.15, -0.1) is 0 Å². The van der Waals surface area contributed by atoms with Gasteiger partial charge >= 0.3 is 0 Å². The summed E-state index contributed by atoms with van der Waals surface area (Å²) in [5, 5.41) is 16.1. The van der Waals surface area contributed by atoms with Crippen LogP contribution in [-0.2, 0) is 9.47 Å². The summed E-state index contributed by atoms with van der Waals surface area (Å²) in [6.07, 6.45) is 0.726. The van der Waals surface area contributed by atoms with E-state index in [9.17, 15) is 0 Å². The van der Waals surface area contributed by atoms with Crippen molar-refractivity contribution in [3.05, 3.63) is 0 Å². The maximum atomic E-state index is 8.06. The minimum Gasteiger partial charge on any atom is -0.366 e. The van der Waals surface area contributed by atoms with Crippen molar-refractivity contribution in [1.29, 1.82) is 10.5 Å². The lowest BCUT2D eigenvalue weighted by Crippen LogP contribution is -2.01. The van der Waals surface area contributed by atoms with E-state index in [4.69, 9.17) is 20.0 Å². The summed E-state index contributed by atoms with van der Waals surface area (Å²) in [6, 6.07) is 3.71. The first kappa shape index (κ1) is 9.90. The molecule has 4 heteroatoms. The number of hydrogen-bond donors (Lipinski definition) is 0. The third kappa shape index (κ3) is 8.90. The number of ether oxygens (including phenoxy) is 2. The van der Waals surface area contributed by atoms with Gasteiger partial charge in [-0.2, -0.15) is 10.5 Å². The van der Waals surface area contributed by atoms with E-state index in [0.717, 1.165) is 6.42 Å². The second-order valence-corrected chi connectivity index (χ2v) is 1.77. The number of nitrogens with zero attached hydrogens (tertiary/aromatic N) is 2. The van der Waals surface area contributed by atoms with Gasteiger partial charge in [-0.1, -0.05) is 0 Å². The zero-order valence-corrected chi connectivity index (χ0v) is 6.25. The van der Waals surface area contributed by atoms with Crippen molar-refractivity contribution in [2.45, 2.75) is 6.42 Å². The van der Waals surface area contributed by atoms with E-state index in [1.54, 1.807) is 0 Å². The summed E-state index contributed by atoms with van der Waals surface area (Å²) in [5.41, 5.74) is 0. The van der Waals surface area contributed by atoms with E-state index >= 15 is 0 Å². The summed E-state index contributed by atoms with van der Waals surface area (Å²) in [5.74, 6) is 0. The number of hydrogen-bond acceptors (Lipinski definition) is 4. The van der Waals surface area contributed by atoms with Crippen LogP contribution in [0, 0.1) is 22.7 Å². The molecule has 0 bridgehead atoms. The first-order valence-corrected chi connectivity index (χ1v) is 3.31. The molecule has 0 aromatic heterocycles. The van der Waals surface area contributed by atoms with Crippen molar-refractivity contribution < 1.29 is 9.47 Å². The molecule has 0 aromatic rings. The van der Waals surface area contributed by atoms with Crippen molar-refractivity contribution in [3.63, 3.8) is 0 Å². The van der Waals surface area contributed by atoms with Gasteiger partial charge in [0, 0.05) is 0 Å². The Morgan fingerprint density at radius 2 is 1.36 bits per heavy atom. The van der Waals surface area contributed by atoms with Gasteiger partial charge < -0.3 is 9.47 Å². The average Bonchev–Trinajstić information content (AvgIpc) is 2.03. The van der Waals surface area contributed by atoms with E-state index in [1.165, 1.54) is 0 Å². The fraction of sp³-hybridized carbons (Fsp3) is 0.714. The predicted molar refractivity (Wildman–Crippen MR) is 37.5 cm³/mol. The second-order valence-electron chi connectivity index (χ2n) is 1.77. The van der Waals surface area contributed by atoms with Crippen LogP contribution in [0.2, 0.25) is 0 Å². The monoisotopic (exact) mass is 154 g/mol. The fourth-order valence-electron chi connectivity index (χ4n) is 0.499. The molecular weight excluding hydrogens is 144 g/mol. The normalized spacial score (nSPS) is 8.55. The average molecular weight is 154 g/mol. The van der Waals surface area contributed by atoms with Gasteiger partial charge in [-0.3, -0.25) is 0 Å². The van der Waals surface area contributed by atoms with Crippen LogP contribution in [0.15, 0.2) is 0 Å². The minimum absolute atomic E-state index is 0.123. The Morgan fingerprint density at radius 1 is 0.909 bits per heavy atom. The van der Waals surface area contributed by atoms with Gasteiger partial charge in [0.05, 0.1) is 25.4 Å². The van der Waals surface area contributed by atoms with Crippen LogP contribution < -0.4 is 0 Å². The smallest absolute Gasteiger partial charge is 0.133 e. The number of nitriles is 2. The summed E-state index contributed by atoms with van der Waals surface area (Å²) in [4.78, 5) is 0. The third-order valence-corrected chi connectivity index (χ3v) is 0.911. The van der Waals surface area contributed by atoms with Gasteiger partial charge in [0.2, 0.25) is 0 Å². The van der Waals surface area contributed by atoms with Gasteiger partial charge in [0.15, 0.2) is 0 Å². The molecule has 11 heavy (non-hydrogen) atoms. The van der Waals surface area contributed by atoms with Crippen LogP contribution in [0.3, 0.4) is 0 Å². The Bertz CT molecular complexity index is 139. The predicted octanol–water partition coefficient (Wildman–Crippen LogP) is 0.457. The SMILES string of the molecule is N#CCOCCCOCC#N. The van der Waals surface area contributed by atoms with Crippen molar-refractivity contribution in [1.82, 2.24) is 0 Å². The lowest BCUT2D eigenvalue weighted by atomic mass is 10.5. The highest BCUT2D eigenvalue weighted by molar-refractivity contribution is 4.67. The van der Waals surface area contributed by atoms with Crippen LogP contribution in [0.4, 0.5) is 0 Å². The summed E-state index contributed by atoms with van der Waals surface area (Å²) >= 11 is 0. The van der Waals surface area contributed by atoms with Crippen LogP contribution in [0.25, 0.3) is 0 Å². The second kappa shape index (κ2) is 8.90. The first-order chi connectivity index (χ1) is 5.41. The molecule has 0 unspecified atom stereocenters. The van der Waals surface area contributed by atoms with Gasteiger partial charge in [-0.25, -0.2) is 0 Å². The lowest BCUT2D eigenvalue weighted by Gasteiger charge is -1.98. The van der Waals surface area contributed by atoms with Crippen LogP contribution in [-0.4, -0.2) is 26.4 Å². The molecule has 0 N–H and O–H groups in total. The largest absolute Gasteiger partial charge is 0.366 e. The third-order valence-electron chi connectivity index (χ3n) is 0.911. The van der Waals surface area contributed by atoms with E-state index in [1.807, 2.05) is 12.1 Å². The highest BCUT2D eigenvalue weighted by atomic mass is 16.5. The molecule has 0 aliphatic heterocycles. The van der Waals surface area contributed by atoms with Gasteiger partial charge in [0.1, 0.15) is 13.2 Å². The Labute approximate surface area is 65.9 Å². The zero-order valence-electron chi connectivity index (χ0n) is 6.25. The molecule has 0 atom stereocenters. The van der Waals surface area contributed by atoms with Crippen molar-refractivity contribution in [3.8, 4) is 12.1 Å². The van der Waals surface area contributed by atoms with E-state index < -0.39 is 0 Å². The summed E-state index contributed by atoms with van der Waals surface area (Å²) in [6.45, 7) is 1.27. The molecule has 0 aromatic carbocycles. The molecule has 0 rings (SSSR count). The van der Waals surface area contributed by atoms with E-state index in [2.05, 4.69) is 0 Å². The molecule has 0 aliphatic rings. The zero-order chi connectivity index (χ0) is 8.36. The molecule has 0 saturated heterocycles. The molecular formula is C7H10N2O2. The minimum atomic E-state index is 0.123. The molecule has 0 saturated carbocycles. The van der Waals surface area contributed by atoms with E-state index in [0.29, 0.717) is 13.2 Å². The summed E-state index contributed by atoms with van der Waals surface area (Å²) < 4.78 is 9.68. The molecule has 0 amide bonds. The maximum absolute atomic E-state index is 8.06. The number of rotatable bonds is 6. The summed E-state index contributed by atoms with van der Waals surface area (Å²) in [7, 11) is 0. The highest BCUT2D eigenvalue weighted by Gasteiger charge is 1.87. The van der Waals surface area contributed by atoms with Crippen molar-refractivity contribution in [2.75, 3.05) is 26.4 Å². The van der Waals surface area contributed by atoms with Gasteiger partial charge in [-0.05, 0) is 6.42 Å². The molecule has 0 spiro atoms. The van der Waals surface area contributed by atoms with Crippen molar-refractivity contribution >= 4 is 0 Å². The Hall–Kier alpha value is -1.10. The Balaban J connectivity index is 2.82. The molecule has 0 fully saturated rings. The van der Waals surface area contributed by atoms with Crippen LogP contribution >= 0.6 is 0 Å². The Kier molecular flexibility index (Phi) is 8.01. The van der Waals surface area contributed by atoms with Crippen molar-refractivity contribution in [2.24, 2.45) is 0 Å². The van der Waals surface area contributed by atoms with Crippen LogP contribution in [0.1, 0.15) is 6.42 Å². The Morgan fingerprint density at radius 3 is 1.73 bits per heavy atom. The van der Waals surface area contributed by atoms with E-state index in [-0.39, 0.29) is 13.2 Å². The molecule has 0 radical (unpaired) electrons. The molecule has 0 heterocycles. The highest BCUT2D eigenvalue weighted by Crippen LogP contribution is 1.83. The first-order valence-electron chi connectivity index (χ1n) is 3.31. The fourth-order valence-corrected chi connectivity index (χ4v) is 0.499. The standard InChI is InChI=1S/C7H10N2O2/c8-2-6-10-4-1-5-11-7-3-9/h1,4-7H2. The maximum Gasteiger partial charge on any atom is 0.133 e. The van der Waals surface area contributed by atoms with Crippen LogP contribution in [0.5, 0.6) is 0 Å². The molecule has 4 nitrogen and oxygen atoms in total. The topological polar surface area (TPSA) is 66.0 Å². The lowest BCUT2D eigenvalue weighted by molar-refractivity contribution is 0.110. The quantitative estimate of drug-likeness (QED) is 0.521. The molecule has 60 valence electrons. The molecule has 0 aliphatic carbocycles. The van der Waals surface area contributed by atoms with Gasteiger partial charge in [0.25, 0.3) is 0 Å².